The lowest BCUT2D eigenvalue weighted by atomic mass is 10.0. The van der Waals surface area contributed by atoms with E-state index in [2.05, 4.69) is 21.6 Å². The molecule has 0 saturated heterocycles. The van der Waals surface area contributed by atoms with Crippen LogP contribution in [0.5, 0.6) is 0 Å². The summed E-state index contributed by atoms with van der Waals surface area (Å²) in [6, 6.07) is 12.6. The Morgan fingerprint density at radius 1 is 1.26 bits per heavy atom. The fourth-order valence-electron chi connectivity index (χ4n) is 3.66. The Hall–Kier alpha value is -3.19. The van der Waals surface area contributed by atoms with Crippen molar-refractivity contribution in [1.29, 1.82) is 0 Å². The number of rotatable bonds is 5. The first kappa shape index (κ1) is 21.1. The number of aryl methyl sites for hydroxylation is 2. The Morgan fingerprint density at radius 2 is 2.03 bits per heavy atom. The second kappa shape index (κ2) is 8.51. The third-order valence-corrected chi connectivity index (χ3v) is 5.57. The topological polar surface area (TPSA) is 68.5 Å². The van der Waals surface area contributed by atoms with Crippen molar-refractivity contribution in [2.45, 2.75) is 39.8 Å². The number of anilines is 1. The van der Waals surface area contributed by atoms with E-state index < -0.39 is 11.9 Å². The summed E-state index contributed by atoms with van der Waals surface area (Å²) < 4.78 is 16.0. The van der Waals surface area contributed by atoms with Crippen LogP contribution in [0, 0.1) is 26.6 Å². The smallest absolute Gasteiger partial charge is 0.268 e. The normalized spacial score (nSPS) is 15.5. The van der Waals surface area contributed by atoms with E-state index in [9.17, 15) is 9.18 Å². The van der Waals surface area contributed by atoms with Gasteiger partial charge in [-0.15, -0.1) is 0 Å². The van der Waals surface area contributed by atoms with Gasteiger partial charge in [-0.2, -0.15) is 5.10 Å². The van der Waals surface area contributed by atoms with Gasteiger partial charge in [0.05, 0.1) is 39.9 Å². The largest absolute Gasteiger partial charge is 0.382 e. The second-order valence-electron chi connectivity index (χ2n) is 7.61. The average molecular weight is 441 g/mol. The number of nitrogens with zero attached hydrogens (tertiary/aromatic N) is 3. The van der Waals surface area contributed by atoms with E-state index >= 15 is 0 Å². The molecule has 1 aliphatic heterocycles. The summed E-state index contributed by atoms with van der Waals surface area (Å²) in [4.78, 5) is 18.1. The number of nitrogens with one attached hydrogen (secondary N) is 1. The van der Waals surface area contributed by atoms with Gasteiger partial charge in [-0.05, 0) is 38.5 Å². The van der Waals surface area contributed by atoms with Gasteiger partial charge >= 0.3 is 0 Å². The molecule has 2 aromatic carbocycles. The number of hydrogen-bond donors (Lipinski definition) is 1. The molecule has 6 nitrogen and oxygen atoms in total. The van der Waals surface area contributed by atoms with Gasteiger partial charge in [0.1, 0.15) is 5.82 Å². The highest BCUT2D eigenvalue weighted by atomic mass is 35.5. The maximum atomic E-state index is 14.2. The van der Waals surface area contributed by atoms with Crippen molar-refractivity contribution in [3.63, 3.8) is 0 Å². The highest BCUT2D eigenvalue weighted by Crippen LogP contribution is 2.27. The number of oxime groups is 1. The van der Waals surface area contributed by atoms with Gasteiger partial charge in [0.2, 0.25) is 6.10 Å². The molecule has 1 unspecified atom stereocenters. The molecule has 4 rings (SSSR count). The molecule has 0 spiro atoms. The molecule has 1 atom stereocenters. The summed E-state index contributed by atoms with van der Waals surface area (Å²) in [5.74, 6) is -0.868. The summed E-state index contributed by atoms with van der Waals surface area (Å²) in [6.45, 7) is 6.39. The zero-order valence-corrected chi connectivity index (χ0v) is 18.2. The minimum Gasteiger partial charge on any atom is -0.382 e. The Balaban J connectivity index is 1.47. The fourth-order valence-corrected chi connectivity index (χ4v) is 3.93. The van der Waals surface area contributed by atoms with E-state index in [1.165, 1.54) is 17.7 Å². The minimum atomic E-state index is -0.871. The van der Waals surface area contributed by atoms with Gasteiger partial charge in [0.25, 0.3) is 5.91 Å². The van der Waals surface area contributed by atoms with Crippen molar-refractivity contribution in [3.8, 4) is 0 Å². The molecule has 0 saturated carbocycles. The molecule has 0 fully saturated rings. The van der Waals surface area contributed by atoms with Crippen LogP contribution in [0.4, 0.5) is 10.1 Å². The van der Waals surface area contributed by atoms with Crippen molar-refractivity contribution in [2.24, 2.45) is 5.16 Å². The molecule has 0 aliphatic carbocycles. The average Bonchev–Trinajstić information content (AvgIpc) is 3.29. The van der Waals surface area contributed by atoms with Crippen molar-refractivity contribution in [2.75, 3.05) is 5.32 Å². The highest BCUT2D eigenvalue weighted by Gasteiger charge is 2.32. The molecule has 1 amide bonds. The van der Waals surface area contributed by atoms with Crippen LogP contribution < -0.4 is 5.32 Å². The number of benzene rings is 2. The lowest BCUT2D eigenvalue weighted by molar-refractivity contribution is -0.125. The van der Waals surface area contributed by atoms with E-state index in [1.54, 1.807) is 6.07 Å². The molecular formula is C23H22ClFN4O2. The van der Waals surface area contributed by atoms with Crippen LogP contribution in [-0.4, -0.2) is 27.5 Å². The highest BCUT2D eigenvalue weighted by molar-refractivity contribution is 6.34. The number of carbonyl (C=O) groups is 1. The molecule has 160 valence electrons. The summed E-state index contributed by atoms with van der Waals surface area (Å²) in [5.41, 5.74) is 4.96. The monoisotopic (exact) mass is 440 g/mol. The first-order chi connectivity index (χ1) is 14.8. The lowest BCUT2D eigenvalue weighted by Crippen LogP contribution is -2.28. The molecule has 8 heteroatoms. The fraction of sp³-hybridized carbons (Fsp3) is 0.261. The third kappa shape index (κ3) is 4.32. The number of carbonyl (C=O) groups excluding carboxylic acids is 1. The van der Waals surface area contributed by atoms with E-state index in [1.807, 2.05) is 43.7 Å². The Kier molecular flexibility index (Phi) is 5.78. The van der Waals surface area contributed by atoms with Crippen LogP contribution in [-0.2, 0) is 16.2 Å². The van der Waals surface area contributed by atoms with Gasteiger partial charge in [0.15, 0.2) is 0 Å². The molecule has 1 aromatic heterocycles. The van der Waals surface area contributed by atoms with E-state index in [4.69, 9.17) is 16.4 Å². The molecule has 1 aliphatic rings. The first-order valence-electron chi connectivity index (χ1n) is 9.91. The van der Waals surface area contributed by atoms with E-state index in [0.29, 0.717) is 23.6 Å². The summed E-state index contributed by atoms with van der Waals surface area (Å²) in [6.07, 6.45) is -0.744. The molecule has 31 heavy (non-hydrogen) atoms. The van der Waals surface area contributed by atoms with Crippen LogP contribution in [0.1, 0.15) is 34.5 Å². The van der Waals surface area contributed by atoms with Crippen molar-refractivity contribution in [1.82, 2.24) is 9.78 Å². The number of amides is 1. The Morgan fingerprint density at radius 3 is 2.77 bits per heavy atom. The molecule has 1 N–H and O–H groups in total. The van der Waals surface area contributed by atoms with Crippen molar-refractivity contribution < 1.29 is 14.0 Å². The predicted molar refractivity (Wildman–Crippen MR) is 118 cm³/mol. The standard InChI is InChI=1S/C23H22ClFN4O2/c1-13-6-4-7-16(10-13)12-29-15(3)22(14(2)27-29)26-23(30)20-11-19(28-31-20)21-17(24)8-5-9-18(21)25/h4-10,20H,11-12H2,1-3H3,(H,26,30). The van der Waals surface area contributed by atoms with Crippen LogP contribution in [0.15, 0.2) is 47.6 Å². The van der Waals surface area contributed by atoms with Crippen molar-refractivity contribution in [3.05, 3.63) is 81.4 Å². The van der Waals surface area contributed by atoms with E-state index in [-0.39, 0.29) is 22.9 Å². The quantitative estimate of drug-likeness (QED) is 0.620. The maximum Gasteiger partial charge on any atom is 0.268 e. The molecule has 3 aromatic rings. The zero-order chi connectivity index (χ0) is 22.1. The maximum absolute atomic E-state index is 14.2. The summed E-state index contributed by atoms with van der Waals surface area (Å²) in [5, 5.41) is 11.6. The molecule has 2 heterocycles. The summed E-state index contributed by atoms with van der Waals surface area (Å²) >= 11 is 6.10. The Labute approximate surface area is 184 Å². The van der Waals surface area contributed by atoms with Gasteiger partial charge < -0.3 is 10.2 Å². The third-order valence-electron chi connectivity index (χ3n) is 5.26. The lowest BCUT2D eigenvalue weighted by Gasteiger charge is -2.11. The number of halogens is 2. The number of aromatic nitrogens is 2. The summed E-state index contributed by atoms with van der Waals surface area (Å²) in [7, 11) is 0. The molecule has 0 radical (unpaired) electrons. The van der Waals surface area contributed by atoms with Crippen LogP contribution in [0.3, 0.4) is 0 Å². The minimum absolute atomic E-state index is 0.127. The number of hydrogen-bond acceptors (Lipinski definition) is 4. The van der Waals surface area contributed by atoms with Gasteiger partial charge in [-0.25, -0.2) is 4.39 Å². The van der Waals surface area contributed by atoms with Gasteiger partial charge in [-0.3, -0.25) is 9.48 Å². The van der Waals surface area contributed by atoms with Crippen LogP contribution in [0.2, 0.25) is 5.02 Å². The van der Waals surface area contributed by atoms with Gasteiger partial charge in [-0.1, -0.05) is 52.7 Å². The zero-order valence-electron chi connectivity index (χ0n) is 17.4. The first-order valence-corrected chi connectivity index (χ1v) is 10.3. The SMILES string of the molecule is Cc1cccc(Cn2nc(C)c(NC(=O)C3CC(c4c(F)cccc4Cl)=NO3)c2C)c1. The van der Waals surface area contributed by atoms with Gasteiger partial charge in [0, 0.05) is 6.42 Å². The second-order valence-corrected chi connectivity index (χ2v) is 8.02. The van der Waals surface area contributed by atoms with Crippen LogP contribution >= 0.6 is 11.6 Å². The Bertz CT molecular complexity index is 1170. The predicted octanol–water partition coefficient (Wildman–Crippen LogP) is 4.78. The van der Waals surface area contributed by atoms with Crippen molar-refractivity contribution >= 4 is 28.9 Å². The van der Waals surface area contributed by atoms with Crippen LogP contribution in [0.25, 0.3) is 0 Å². The van der Waals surface area contributed by atoms with E-state index in [0.717, 1.165) is 11.3 Å². The molecule has 0 bridgehead atoms. The molecular weight excluding hydrogens is 419 g/mol.